The van der Waals surface area contributed by atoms with Crippen LogP contribution in [-0.2, 0) is 6.42 Å². The fraction of sp³-hybridized carbons (Fsp3) is 0.200. The molecule has 0 spiro atoms. The fourth-order valence-corrected chi connectivity index (χ4v) is 3.55. The Morgan fingerprint density at radius 1 is 1.11 bits per heavy atom. The predicted molar refractivity (Wildman–Crippen MR) is 79.4 cm³/mol. The molecule has 18 heavy (non-hydrogen) atoms. The summed E-state index contributed by atoms with van der Waals surface area (Å²) in [7, 11) is 0. The molecular weight excluding hydrogens is 308 g/mol. The average Bonchev–Trinajstić information content (AvgIpc) is 2.81. The van der Waals surface area contributed by atoms with Crippen LogP contribution in [0.25, 0.3) is 0 Å². The van der Waals surface area contributed by atoms with Crippen molar-refractivity contribution < 1.29 is 4.74 Å². The van der Waals surface area contributed by atoms with Gasteiger partial charge in [-0.05, 0) is 42.3 Å². The number of hydrogen-bond donors (Lipinski definition) is 0. The monoisotopic (exact) mass is 320 g/mol. The number of fused-ring (bicyclic) bond motifs is 1. The second-order valence-corrected chi connectivity index (χ2v) is 6.57. The molecular formula is C15H13BrOS. The first-order chi connectivity index (χ1) is 8.81. The molecule has 0 saturated carbocycles. The zero-order valence-corrected chi connectivity index (χ0v) is 12.2. The summed E-state index contributed by atoms with van der Waals surface area (Å²) in [6.45, 7) is 0.765. The largest absolute Gasteiger partial charge is 0.492 e. The summed E-state index contributed by atoms with van der Waals surface area (Å²) in [5, 5.41) is 0.533. The molecule has 2 aromatic rings. The lowest BCUT2D eigenvalue weighted by Crippen LogP contribution is -2.13. The third kappa shape index (κ3) is 2.73. The average molecular weight is 321 g/mol. The summed E-state index contributed by atoms with van der Waals surface area (Å²) in [5.74, 6) is 0.940. The maximum Gasteiger partial charge on any atom is 0.119 e. The van der Waals surface area contributed by atoms with Gasteiger partial charge in [-0.1, -0.05) is 34.1 Å². The van der Waals surface area contributed by atoms with Gasteiger partial charge in [0.1, 0.15) is 12.4 Å². The highest BCUT2D eigenvalue weighted by atomic mass is 79.9. The molecule has 2 aromatic carbocycles. The van der Waals surface area contributed by atoms with Gasteiger partial charge in [0.15, 0.2) is 0 Å². The van der Waals surface area contributed by atoms with Crippen LogP contribution in [0, 0.1) is 0 Å². The Labute approximate surface area is 120 Å². The maximum atomic E-state index is 5.83. The second kappa shape index (κ2) is 5.37. The molecule has 92 valence electrons. The molecule has 0 aromatic heterocycles. The molecule has 0 radical (unpaired) electrons. The molecule has 1 nitrogen and oxygen atoms in total. The van der Waals surface area contributed by atoms with Gasteiger partial charge in [0.05, 0.1) is 0 Å². The third-order valence-corrected chi connectivity index (χ3v) is 4.78. The summed E-state index contributed by atoms with van der Waals surface area (Å²) in [6, 6.07) is 16.6. The molecule has 1 heterocycles. The minimum absolute atomic E-state index is 0.533. The minimum atomic E-state index is 0.533. The van der Waals surface area contributed by atoms with E-state index in [-0.39, 0.29) is 0 Å². The number of ether oxygens (including phenoxy) is 1. The van der Waals surface area contributed by atoms with Crippen molar-refractivity contribution in [3.8, 4) is 5.75 Å². The van der Waals surface area contributed by atoms with Crippen LogP contribution in [0.15, 0.2) is 57.9 Å². The summed E-state index contributed by atoms with van der Waals surface area (Å²) in [6.07, 6.45) is 1.11. The van der Waals surface area contributed by atoms with E-state index in [4.69, 9.17) is 4.74 Å². The van der Waals surface area contributed by atoms with Crippen LogP contribution in [-0.4, -0.2) is 11.9 Å². The summed E-state index contributed by atoms with van der Waals surface area (Å²) < 4.78 is 6.92. The molecule has 0 amide bonds. The van der Waals surface area contributed by atoms with E-state index in [2.05, 4.69) is 40.2 Å². The topological polar surface area (TPSA) is 9.23 Å². The molecule has 3 rings (SSSR count). The van der Waals surface area contributed by atoms with Crippen molar-refractivity contribution in [2.24, 2.45) is 0 Å². The lowest BCUT2D eigenvalue weighted by molar-refractivity contribution is 0.317. The van der Waals surface area contributed by atoms with E-state index >= 15 is 0 Å². The van der Waals surface area contributed by atoms with Crippen LogP contribution in [0.4, 0.5) is 0 Å². The van der Waals surface area contributed by atoms with Crippen molar-refractivity contribution in [3.63, 3.8) is 0 Å². The van der Waals surface area contributed by atoms with Gasteiger partial charge >= 0.3 is 0 Å². The Hall–Kier alpha value is -0.930. The molecule has 1 unspecified atom stereocenters. The number of thioether (sulfide) groups is 1. The van der Waals surface area contributed by atoms with E-state index < -0.39 is 0 Å². The Bertz CT molecular complexity index is 513. The fourth-order valence-electron chi connectivity index (χ4n) is 2.07. The van der Waals surface area contributed by atoms with E-state index in [1.165, 1.54) is 10.5 Å². The zero-order chi connectivity index (χ0) is 12.4. The van der Waals surface area contributed by atoms with Crippen molar-refractivity contribution in [2.45, 2.75) is 16.6 Å². The van der Waals surface area contributed by atoms with Gasteiger partial charge in [0.2, 0.25) is 0 Å². The van der Waals surface area contributed by atoms with Crippen LogP contribution < -0.4 is 4.74 Å². The van der Waals surface area contributed by atoms with E-state index in [1.54, 1.807) is 0 Å². The highest BCUT2D eigenvalue weighted by molar-refractivity contribution is 9.10. The second-order valence-electron chi connectivity index (χ2n) is 4.32. The van der Waals surface area contributed by atoms with Gasteiger partial charge in [0.25, 0.3) is 0 Å². The SMILES string of the molecule is Brc1ccc(OCC2Cc3ccccc3S2)cc1. The standard InChI is InChI=1S/C15H13BrOS/c16-12-5-7-13(8-6-12)17-10-14-9-11-3-1-2-4-15(11)18-14/h1-8,14H,9-10H2. The van der Waals surface area contributed by atoms with E-state index in [0.29, 0.717) is 5.25 Å². The van der Waals surface area contributed by atoms with E-state index in [9.17, 15) is 0 Å². The first kappa shape index (κ1) is 12.1. The molecule has 0 N–H and O–H groups in total. The van der Waals surface area contributed by atoms with Gasteiger partial charge < -0.3 is 4.74 Å². The number of benzene rings is 2. The van der Waals surface area contributed by atoms with Gasteiger partial charge in [-0.3, -0.25) is 0 Å². The number of halogens is 1. The lowest BCUT2D eigenvalue weighted by Gasteiger charge is -2.10. The molecule has 0 saturated heterocycles. The zero-order valence-electron chi connectivity index (χ0n) is 9.80. The smallest absolute Gasteiger partial charge is 0.119 e. The van der Waals surface area contributed by atoms with Crippen LogP contribution >= 0.6 is 27.7 Å². The minimum Gasteiger partial charge on any atom is -0.492 e. The van der Waals surface area contributed by atoms with Crippen molar-refractivity contribution >= 4 is 27.7 Å². The molecule has 1 aliphatic heterocycles. The molecule has 0 bridgehead atoms. The van der Waals surface area contributed by atoms with Crippen LogP contribution in [0.5, 0.6) is 5.75 Å². The Morgan fingerprint density at radius 3 is 2.67 bits per heavy atom. The van der Waals surface area contributed by atoms with E-state index in [0.717, 1.165) is 23.2 Å². The quantitative estimate of drug-likeness (QED) is 0.820. The molecule has 0 fully saturated rings. The van der Waals surface area contributed by atoms with Gasteiger partial charge in [0, 0.05) is 14.6 Å². The van der Waals surface area contributed by atoms with E-state index in [1.807, 2.05) is 36.0 Å². The van der Waals surface area contributed by atoms with Crippen molar-refractivity contribution in [2.75, 3.05) is 6.61 Å². The Balaban J connectivity index is 1.58. The lowest BCUT2D eigenvalue weighted by atomic mass is 10.1. The Kier molecular flexibility index (Phi) is 3.62. The van der Waals surface area contributed by atoms with Crippen molar-refractivity contribution in [1.29, 1.82) is 0 Å². The first-order valence-corrected chi connectivity index (χ1v) is 7.61. The van der Waals surface area contributed by atoms with Crippen LogP contribution in [0.1, 0.15) is 5.56 Å². The summed E-state index contributed by atoms with van der Waals surface area (Å²) in [5.41, 5.74) is 1.45. The predicted octanol–water partition coefficient (Wildman–Crippen LogP) is 4.54. The Morgan fingerprint density at radius 2 is 1.89 bits per heavy atom. The highest BCUT2D eigenvalue weighted by Crippen LogP contribution is 2.36. The number of hydrogen-bond acceptors (Lipinski definition) is 2. The molecule has 1 atom stereocenters. The van der Waals surface area contributed by atoms with Crippen LogP contribution in [0.3, 0.4) is 0 Å². The van der Waals surface area contributed by atoms with Gasteiger partial charge in [-0.2, -0.15) is 0 Å². The molecule has 3 heteroatoms. The normalized spacial score (nSPS) is 17.5. The summed E-state index contributed by atoms with van der Waals surface area (Å²) in [4.78, 5) is 1.40. The van der Waals surface area contributed by atoms with Crippen molar-refractivity contribution in [3.05, 3.63) is 58.6 Å². The first-order valence-electron chi connectivity index (χ1n) is 5.94. The third-order valence-electron chi connectivity index (χ3n) is 2.96. The molecule has 0 aliphatic carbocycles. The highest BCUT2D eigenvalue weighted by Gasteiger charge is 2.22. The maximum absolute atomic E-state index is 5.83. The van der Waals surface area contributed by atoms with Gasteiger partial charge in [-0.25, -0.2) is 0 Å². The van der Waals surface area contributed by atoms with Gasteiger partial charge in [-0.15, -0.1) is 11.8 Å². The van der Waals surface area contributed by atoms with Crippen LogP contribution in [0.2, 0.25) is 0 Å². The molecule has 1 aliphatic rings. The van der Waals surface area contributed by atoms with Crippen molar-refractivity contribution in [1.82, 2.24) is 0 Å². The number of rotatable bonds is 3. The summed E-state index contributed by atoms with van der Waals surface area (Å²) >= 11 is 5.35.